The van der Waals surface area contributed by atoms with E-state index in [9.17, 15) is 6.85 Å². The van der Waals surface area contributed by atoms with Crippen molar-refractivity contribution >= 4 is 65.7 Å². The van der Waals surface area contributed by atoms with Gasteiger partial charge in [-0.2, -0.15) is 0 Å². The van der Waals surface area contributed by atoms with Gasteiger partial charge in [0.15, 0.2) is 17.5 Å². The zero-order chi connectivity index (χ0) is 43.5. The highest BCUT2D eigenvalue weighted by molar-refractivity contribution is 6.15. The van der Waals surface area contributed by atoms with Gasteiger partial charge in [0.05, 0.1) is 20.6 Å². The fourth-order valence-corrected chi connectivity index (χ4v) is 8.00. The highest BCUT2D eigenvalue weighted by Gasteiger charge is 2.22. The molecule has 12 rings (SSSR count). The van der Waals surface area contributed by atoms with Gasteiger partial charge in [0.1, 0.15) is 22.3 Å². The van der Waals surface area contributed by atoms with E-state index in [2.05, 4.69) is 0 Å². The molecule has 4 aromatic heterocycles. The van der Waals surface area contributed by atoms with Crippen LogP contribution in [0.2, 0.25) is 0 Å². The largest absolute Gasteiger partial charge is 0.456 e. The van der Waals surface area contributed by atoms with Crippen molar-refractivity contribution in [3.63, 3.8) is 0 Å². The summed E-state index contributed by atoms with van der Waals surface area (Å²) in [6.45, 7) is 0. The number of benzene rings is 8. The van der Waals surface area contributed by atoms with E-state index < -0.39 is 18.1 Å². The number of rotatable bonds is 5. The zero-order valence-corrected chi connectivity index (χ0v) is 29.9. The highest BCUT2D eigenvalue weighted by atomic mass is 16.3. The lowest BCUT2D eigenvalue weighted by atomic mass is 9.99. The molecule has 12 aromatic rings. The number of fused-ring (bicyclic) bond motifs is 9. The van der Waals surface area contributed by atoms with Crippen LogP contribution >= 0.6 is 0 Å². The molecule has 0 saturated heterocycles. The van der Waals surface area contributed by atoms with E-state index in [4.69, 9.17) is 26.5 Å². The van der Waals surface area contributed by atoms with Crippen molar-refractivity contribution in [3.8, 4) is 51.0 Å². The van der Waals surface area contributed by atoms with Gasteiger partial charge in [-0.15, -0.1) is 0 Å². The van der Waals surface area contributed by atoms with Crippen LogP contribution in [0, 0.1) is 0 Å². The van der Waals surface area contributed by atoms with Crippen molar-refractivity contribution in [2.45, 2.75) is 0 Å². The van der Waals surface area contributed by atoms with E-state index in [0.29, 0.717) is 33.6 Å². The third-order valence-corrected chi connectivity index (χ3v) is 10.6. The van der Waals surface area contributed by atoms with Crippen LogP contribution in [-0.2, 0) is 0 Å². The van der Waals surface area contributed by atoms with Crippen molar-refractivity contribution in [1.82, 2.24) is 19.5 Å². The molecule has 0 fully saturated rings. The van der Waals surface area contributed by atoms with Gasteiger partial charge in [-0.05, 0) is 59.6 Å². The number of para-hydroxylation sites is 3. The predicted octanol–water partition coefficient (Wildman–Crippen LogP) is 13.4. The molecule has 266 valence electrons. The molecule has 0 saturated carbocycles. The smallest absolute Gasteiger partial charge is 0.166 e. The van der Waals surface area contributed by atoms with E-state index in [1.807, 2.05) is 133 Å². The SMILES string of the molecule is [2H]c1c([2H])c([2H])c2c(c1[2H])c1c([2H])c([2H])c([2H])c(-c3nc(-c4ccccc4)nc(-c4ccc5c(c4)oc4ccccc45)n3)c1n2-c1ccc2c(c1)oc1cccc(-c3ccccc3)c12. The lowest BCUT2D eigenvalue weighted by molar-refractivity contribution is 0.668. The highest BCUT2D eigenvalue weighted by Crippen LogP contribution is 2.41. The van der Waals surface area contributed by atoms with Gasteiger partial charge < -0.3 is 13.4 Å². The molecule has 0 aliphatic rings. The first-order valence-corrected chi connectivity index (χ1v) is 18.4. The van der Waals surface area contributed by atoms with Crippen molar-refractivity contribution in [1.29, 1.82) is 0 Å². The van der Waals surface area contributed by atoms with Crippen LogP contribution in [0.4, 0.5) is 0 Å². The molecule has 57 heavy (non-hydrogen) atoms. The maximum absolute atomic E-state index is 9.59. The first-order valence-electron chi connectivity index (χ1n) is 21.9. The number of hydrogen-bond donors (Lipinski definition) is 0. The van der Waals surface area contributed by atoms with Crippen LogP contribution in [0.5, 0.6) is 0 Å². The fourth-order valence-electron chi connectivity index (χ4n) is 8.00. The van der Waals surface area contributed by atoms with E-state index in [1.54, 1.807) is 10.6 Å². The number of hydrogen-bond acceptors (Lipinski definition) is 5. The molecule has 0 bridgehead atoms. The van der Waals surface area contributed by atoms with Gasteiger partial charge in [-0.3, -0.25) is 0 Å². The van der Waals surface area contributed by atoms with Crippen LogP contribution in [0.3, 0.4) is 0 Å². The minimum Gasteiger partial charge on any atom is -0.456 e. The average molecular weight is 738 g/mol. The molecule has 6 nitrogen and oxygen atoms in total. The van der Waals surface area contributed by atoms with E-state index in [-0.39, 0.29) is 69.0 Å². The lowest BCUT2D eigenvalue weighted by Crippen LogP contribution is -2.02. The second-order valence-electron chi connectivity index (χ2n) is 13.8. The minimum atomic E-state index is -0.491. The van der Waals surface area contributed by atoms with Crippen molar-refractivity contribution in [2.24, 2.45) is 0 Å². The summed E-state index contributed by atoms with van der Waals surface area (Å²) in [7, 11) is 0. The van der Waals surface area contributed by atoms with Gasteiger partial charge >= 0.3 is 0 Å². The topological polar surface area (TPSA) is 69.9 Å². The van der Waals surface area contributed by atoms with Crippen LogP contribution in [-0.4, -0.2) is 19.5 Å². The molecule has 0 amide bonds. The third-order valence-electron chi connectivity index (χ3n) is 10.6. The molecule has 0 N–H and O–H groups in total. The van der Waals surface area contributed by atoms with Gasteiger partial charge in [0.2, 0.25) is 0 Å². The molecule has 6 heteroatoms. The Bertz CT molecular complexity index is 3940. The predicted molar refractivity (Wildman–Crippen MR) is 230 cm³/mol. The summed E-state index contributed by atoms with van der Waals surface area (Å²) in [5.41, 5.74) is 6.50. The van der Waals surface area contributed by atoms with Crippen molar-refractivity contribution in [2.75, 3.05) is 0 Å². The Morgan fingerprint density at radius 2 is 1.09 bits per heavy atom. The standard InChI is InChI=1S/C51H30N4O2/c1-3-13-31(14-4-1)35-19-12-24-44-47(35)40-28-26-34(30-46(40)57-44)55-42-22-9-7-17-36(42)39-20-11-21-41(48(39)55)51-53-49(32-15-5-2-6-16-32)52-50(54-51)33-25-27-38-37-18-8-10-23-43(37)56-45(38)29-33/h1-30H/i7D,9D,11D,17D,20D,21D,22D. The Balaban J connectivity index is 1.19. The number of furan rings is 2. The van der Waals surface area contributed by atoms with Gasteiger partial charge in [0.25, 0.3) is 0 Å². The van der Waals surface area contributed by atoms with Crippen LogP contribution in [0.25, 0.3) is 117 Å². The molecule has 0 unspecified atom stereocenters. The van der Waals surface area contributed by atoms with Crippen molar-refractivity contribution in [3.05, 3.63) is 182 Å². The monoisotopic (exact) mass is 737 g/mol. The molecule has 0 aliphatic heterocycles. The summed E-state index contributed by atoms with van der Waals surface area (Å²) in [5.74, 6) is 0.544. The summed E-state index contributed by atoms with van der Waals surface area (Å²) in [4.78, 5) is 14.9. The van der Waals surface area contributed by atoms with E-state index >= 15 is 0 Å². The van der Waals surface area contributed by atoms with E-state index in [0.717, 1.165) is 38.3 Å². The molecule has 4 heterocycles. The summed E-state index contributed by atoms with van der Waals surface area (Å²) < 4.78 is 78.7. The zero-order valence-electron chi connectivity index (χ0n) is 36.9. The number of nitrogens with zero attached hydrogens (tertiary/aromatic N) is 4. The lowest BCUT2D eigenvalue weighted by Gasteiger charge is -2.13. The van der Waals surface area contributed by atoms with Gasteiger partial charge in [-0.1, -0.05) is 127 Å². The second kappa shape index (κ2) is 12.3. The first kappa shape index (κ1) is 25.3. The van der Waals surface area contributed by atoms with Crippen LogP contribution in [0.1, 0.15) is 9.60 Å². The summed E-state index contributed by atoms with van der Waals surface area (Å²) in [5, 5.41) is 3.70. The van der Waals surface area contributed by atoms with E-state index in [1.165, 1.54) is 0 Å². The minimum absolute atomic E-state index is 0.00804. The Hall–Kier alpha value is -7.83. The Kier molecular flexibility index (Phi) is 5.48. The Morgan fingerprint density at radius 1 is 0.421 bits per heavy atom. The average Bonchev–Trinajstić information content (AvgIpc) is 4.02. The normalized spacial score (nSPS) is 13.6. The fraction of sp³-hybridized carbons (Fsp3) is 0. The quantitative estimate of drug-likeness (QED) is 0.176. The maximum atomic E-state index is 9.59. The van der Waals surface area contributed by atoms with Crippen LogP contribution < -0.4 is 0 Å². The summed E-state index contributed by atoms with van der Waals surface area (Å²) in [6, 6.07) is 41.3. The second-order valence-corrected chi connectivity index (χ2v) is 13.8. The van der Waals surface area contributed by atoms with Crippen molar-refractivity contribution < 1.29 is 18.4 Å². The molecule has 0 spiro atoms. The molecule has 0 aliphatic carbocycles. The summed E-state index contributed by atoms with van der Waals surface area (Å²) in [6.07, 6.45) is 0. The van der Waals surface area contributed by atoms with Crippen LogP contribution in [0.15, 0.2) is 191 Å². The van der Waals surface area contributed by atoms with Gasteiger partial charge in [-0.25, -0.2) is 15.0 Å². The molecule has 0 atom stereocenters. The summed E-state index contributed by atoms with van der Waals surface area (Å²) >= 11 is 0. The number of aromatic nitrogens is 4. The third kappa shape index (κ3) is 4.94. The molecule has 8 aromatic carbocycles. The Labute approximate surface area is 335 Å². The Morgan fingerprint density at radius 3 is 1.96 bits per heavy atom. The van der Waals surface area contributed by atoms with Gasteiger partial charge in [0, 0.05) is 60.8 Å². The molecular formula is C51H30N4O2. The molecule has 0 radical (unpaired) electrons. The molecular weight excluding hydrogens is 701 g/mol. The maximum Gasteiger partial charge on any atom is 0.166 e. The first-order chi connectivity index (χ1) is 31.2.